The van der Waals surface area contributed by atoms with Gasteiger partial charge in [0, 0.05) is 28.0 Å². The van der Waals surface area contributed by atoms with Crippen molar-refractivity contribution in [1.82, 2.24) is 0 Å². The zero-order valence-corrected chi connectivity index (χ0v) is 11.7. The fourth-order valence-electron chi connectivity index (χ4n) is 2.78. The Balaban J connectivity index is 1.95. The summed E-state index contributed by atoms with van der Waals surface area (Å²) >= 11 is 1.69. The molecular weight excluding hydrogens is 262 g/mol. The molecule has 2 aliphatic rings. The normalized spacial score (nSPS) is 30.0. The predicted molar refractivity (Wildman–Crippen MR) is 88.6 cm³/mol. The lowest BCUT2D eigenvalue weighted by molar-refractivity contribution is 0.971. The molecule has 4 rings (SSSR count). The van der Waals surface area contributed by atoms with Crippen molar-refractivity contribution in [3.8, 4) is 0 Å². The van der Waals surface area contributed by atoms with Crippen molar-refractivity contribution >= 4 is 38.8 Å². The minimum absolute atomic E-state index is 0.0456. The highest BCUT2D eigenvalue weighted by molar-refractivity contribution is 7.17. The van der Waals surface area contributed by atoms with Gasteiger partial charge in [0.1, 0.15) is 0 Å². The molecule has 0 fully saturated rings. The van der Waals surface area contributed by atoms with Gasteiger partial charge in [0.15, 0.2) is 0 Å². The van der Waals surface area contributed by atoms with Crippen molar-refractivity contribution in [3.05, 3.63) is 45.8 Å². The minimum Gasteiger partial charge on any atom is -0.261 e. The van der Waals surface area contributed by atoms with Crippen LogP contribution in [0.2, 0.25) is 0 Å². The maximum absolute atomic E-state index is 8.42. The minimum atomic E-state index is -2.37. The maximum Gasteiger partial charge on any atom is 0.0453 e. The molecule has 0 amide bonds. The van der Waals surface area contributed by atoms with Crippen molar-refractivity contribution in [1.29, 1.82) is 0 Å². The number of hydrogen-bond acceptors (Lipinski definition) is 2. The zero-order valence-electron chi connectivity index (χ0n) is 15.9. The lowest BCUT2D eigenvalue weighted by Crippen LogP contribution is -2.28. The summed E-state index contributed by atoms with van der Waals surface area (Å²) in [6, 6.07) is 8.23. The Kier molecular flexibility index (Phi) is 1.87. The quantitative estimate of drug-likeness (QED) is 0.756. The molecule has 1 aromatic heterocycles. The summed E-state index contributed by atoms with van der Waals surface area (Å²) in [6.45, 7) is -2.37. The Bertz CT molecular complexity index is 1030. The summed E-state index contributed by atoms with van der Waals surface area (Å²) in [7, 11) is 0. The lowest BCUT2D eigenvalue weighted by Gasteiger charge is -2.15. The van der Waals surface area contributed by atoms with E-state index >= 15 is 0 Å². The third-order valence-electron chi connectivity index (χ3n) is 3.72. The van der Waals surface area contributed by atoms with Gasteiger partial charge in [-0.3, -0.25) is 4.99 Å². The number of allylic oxidation sites excluding steroid dienone is 1. The van der Waals surface area contributed by atoms with Gasteiger partial charge in [-0.2, -0.15) is 0 Å². The fourth-order valence-corrected chi connectivity index (χ4v) is 4.07. The van der Waals surface area contributed by atoms with Crippen molar-refractivity contribution in [3.63, 3.8) is 0 Å². The van der Waals surface area contributed by atoms with E-state index in [1.807, 2.05) is 12.1 Å². The van der Waals surface area contributed by atoms with Crippen LogP contribution in [0.1, 0.15) is 39.3 Å². The van der Waals surface area contributed by atoms with E-state index in [1.54, 1.807) is 11.3 Å². The highest BCUT2D eigenvalue weighted by Gasteiger charge is 2.16. The second-order valence-electron chi connectivity index (χ2n) is 4.99. The molecular formula is C18H17NS. The first-order valence-corrected chi connectivity index (χ1v) is 7.53. The zero-order chi connectivity index (χ0) is 17.8. The van der Waals surface area contributed by atoms with Gasteiger partial charge in [0.05, 0.1) is 0 Å². The molecule has 2 unspecified atom stereocenters. The Hall–Kier alpha value is -1.67. The molecule has 0 bridgehead atoms. The van der Waals surface area contributed by atoms with Gasteiger partial charge >= 0.3 is 0 Å². The van der Waals surface area contributed by atoms with Crippen LogP contribution in [0, 0.1) is 0 Å². The number of fused-ring (bicyclic) bond motifs is 3. The number of aliphatic imine (C=N–C) groups is 1. The first-order chi connectivity index (χ1) is 11.9. The molecule has 100 valence electrons. The van der Waals surface area contributed by atoms with E-state index < -0.39 is 19.6 Å². The molecule has 1 aliphatic carbocycles. The number of rotatable bonds is 1. The molecule has 2 heteroatoms. The average molecular weight is 284 g/mol. The largest absolute Gasteiger partial charge is 0.261 e. The first-order valence-electron chi connectivity index (χ1n) is 9.37. The van der Waals surface area contributed by atoms with Crippen LogP contribution in [0.25, 0.3) is 21.7 Å². The Morgan fingerprint density at radius 1 is 1.30 bits per heavy atom. The van der Waals surface area contributed by atoms with Crippen LogP contribution in [-0.2, 0) is 0 Å². The summed E-state index contributed by atoms with van der Waals surface area (Å²) in [4.78, 5) is 4.34. The molecule has 1 nitrogen and oxygen atoms in total. The highest BCUT2D eigenvalue weighted by atomic mass is 32.1. The summed E-state index contributed by atoms with van der Waals surface area (Å²) in [5, 5.41) is 2.39. The number of benzene rings is 1. The van der Waals surface area contributed by atoms with Crippen LogP contribution in [0.3, 0.4) is 0 Å². The molecule has 20 heavy (non-hydrogen) atoms. The SMILES string of the molecule is [2H]C1C(C([2H])([2H])[2H])=CN=C(C2=c3sc4ccccc4c3=CCC2)C1[2H]. The standard InChI is InChI=1S/C18H17NS/c1-12-9-10-16(19-11-12)15-7-4-6-14-13-5-2-3-8-17(13)20-18(14)15/h2-3,5-6,8,11H,4,7,9-10H2,1H3/i1D3,9D,10D. The van der Waals surface area contributed by atoms with Gasteiger partial charge in [-0.15, -0.1) is 11.3 Å². The second kappa shape index (κ2) is 4.71. The molecule has 0 saturated carbocycles. The Morgan fingerprint density at radius 3 is 3.20 bits per heavy atom. The van der Waals surface area contributed by atoms with E-state index in [1.165, 1.54) is 21.5 Å². The molecule has 0 radical (unpaired) electrons. The van der Waals surface area contributed by atoms with Gasteiger partial charge < -0.3 is 0 Å². The summed E-state index contributed by atoms with van der Waals surface area (Å²) < 4.78 is 41.5. The van der Waals surface area contributed by atoms with E-state index in [0.717, 1.165) is 22.9 Å². The number of thiophene rings is 1. The smallest absolute Gasteiger partial charge is 0.0453 e. The molecule has 2 atom stereocenters. The maximum atomic E-state index is 8.42. The molecule has 0 N–H and O–H groups in total. The van der Waals surface area contributed by atoms with Crippen molar-refractivity contribution < 1.29 is 6.85 Å². The van der Waals surface area contributed by atoms with Gasteiger partial charge in [0.25, 0.3) is 0 Å². The van der Waals surface area contributed by atoms with Gasteiger partial charge in [-0.25, -0.2) is 0 Å². The van der Waals surface area contributed by atoms with Crippen molar-refractivity contribution in [2.24, 2.45) is 4.99 Å². The molecule has 1 aliphatic heterocycles. The summed E-state index contributed by atoms with van der Waals surface area (Å²) in [6.07, 6.45) is 3.10. The van der Waals surface area contributed by atoms with Crippen LogP contribution < -0.4 is 9.75 Å². The Morgan fingerprint density at radius 2 is 2.25 bits per heavy atom. The van der Waals surface area contributed by atoms with Crippen LogP contribution >= 0.6 is 11.3 Å². The summed E-state index contributed by atoms with van der Waals surface area (Å²) in [5.41, 5.74) is 1.50. The number of hydrogen-bond donors (Lipinski definition) is 0. The third-order valence-corrected chi connectivity index (χ3v) is 4.97. The third kappa shape index (κ3) is 1.87. The monoisotopic (exact) mass is 284 g/mol. The van der Waals surface area contributed by atoms with Crippen molar-refractivity contribution in [2.75, 3.05) is 0 Å². The van der Waals surface area contributed by atoms with Gasteiger partial charge in [-0.1, -0.05) is 29.8 Å². The van der Waals surface area contributed by atoms with Crippen LogP contribution in [0.5, 0.6) is 0 Å². The van der Waals surface area contributed by atoms with Crippen LogP contribution in [0.4, 0.5) is 0 Å². The molecule has 1 aromatic carbocycles. The molecule has 0 saturated heterocycles. The van der Waals surface area contributed by atoms with Crippen LogP contribution in [0.15, 0.2) is 41.0 Å². The lowest BCUT2D eigenvalue weighted by atomic mass is 9.94. The average Bonchev–Trinajstić information content (AvgIpc) is 2.95. The summed E-state index contributed by atoms with van der Waals surface area (Å²) in [5.74, 6) is 0. The molecule has 2 heterocycles. The Labute approximate surface area is 129 Å². The topological polar surface area (TPSA) is 12.4 Å². The number of nitrogens with zero attached hydrogens (tertiary/aromatic N) is 1. The van der Waals surface area contributed by atoms with E-state index in [9.17, 15) is 0 Å². The van der Waals surface area contributed by atoms with E-state index in [-0.39, 0.29) is 5.57 Å². The highest BCUT2D eigenvalue weighted by Crippen LogP contribution is 2.23. The van der Waals surface area contributed by atoms with Crippen LogP contribution in [-0.4, -0.2) is 5.71 Å². The van der Waals surface area contributed by atoms with E-state index in [2.05, 4.69) is 23.2 Å². The van der Waals surface area contributed by atoms with Crippen molar-refractivity contribution in [2.45, 2.75) is 32.5 Å². The predicted octanol–water partition coefficient (Wildman–Crippen LogP) is 3.76. The van der Waals surface area contributed by atoms with Gasteiger partial charge in [0.2, 0.25) is 0 Å². The van der Waals surface area contributed by atoms with E-state index in [0.29, 0.717) is 5.71 Å². The second-order valence-corrected chi connectivity index (χ2v) is 6.05. The molecule has 0 spiro atoms. The fraction of sp³-hybridized carbons (Fsp3) is 0.278. The first kappa shape index (κ1) is 7.94. The molecule has 2 aromatic rings. The van der Waals surface area contributed by atoms with E-state index in [4.69, 9.17) is 6.85 Å². The van der Waals surface area contributed by atoms with Gasteiger partial charge in [-0.05, 0) is 54.7 Å².